The highest BCUT2D eigenvalue weighted by Gasteiger charge is 2.30. The molecule has 0 saturated carbocycles. The molecule has 0 heterocycles. The number of hydrogen-bond acceptors (Lipinski definition) is 1. The number of alkyl halides is 1. The lowest BCUT2D eigenvalue weighted by Gasteiger charge is -2.16. The lowest BCUT2D eigenvalue weighted by molar-refractivity contribution is -0.113. The zero-order valence-electron chi connectivity index (χ0n) is 6.55. The predicted octanol–water partition coefficient (Wildman–Crippen LogP) is 2.91. The maximum absolute atomic E-state index is 10.9. The van der Waals surface area contributed by atoms with Crippen LogP contribution in [0.1, 0.15) is 12.5 Å². The third-order valence-corrected chi connectivity index (χ3v) is 2.55. The van der Waals surface area contributed by atoms with Crippen molar-refractivity contribution in [3.63, 3.8) is 0 Å². The van der Waals surface area contributed by atoms with E-state index in [4.69, 9.17) is 23.2 Å². The number of hydrogen-bond donors (Lipinski definition) is 0. The van der Waals surface area contributed by atoms with E-state index < -0.39 is 10.1 Å². The van der Waals surface area contributed by atoms with Gasteiger partial charge in [0.15, 0.2) is 0 Å². The van der Waals surface area contributed by atoms with Crippen LogP contribution in [0.15, 0.2) is 30.3 Å². The summed E-state index contributed by atoms with van der Waals surface area (Å²) in [4.78, 5) is 9.79. The van der Waals surface area contributed by atoms with Crippen LogP contribution in [0.25, 0.3) is 0 Å². The summed E-state index contributed by atoms with van der Waals surface area (Å²) in [5.41, 5.74) is 0.715. The van der Waals surface area contributed by atoms with E-state index in [1.54, 1.807) is 19.1 Å². The molecule has 1 atom stereocenters. The fourth-order valence-electron chi connectivity index (χ4n) is 0.865. The summed E-state index contributed by atoms with van der Waals surface area (Å²) in [6.45, 7) is 1.58. The number of rotatable bonds is 2. The highest BCUT2D eigenvalue weighted by Crippen LogP contribution is 2.30. The Morgan fingerprint density at radius 3 is 2.25 bits per heavy atom. The summed E-state index contributed by atoms with van der Waals surface area (Å²) >= 11 is 11.2. The Hall–Kier alpha value is -0.530. The van der Waals surface area contributed by atoms with Gasteiger partial charge in [-0.05, 0) is 24.1 Å². The standard InChI is InChI=1S/C9H8Cl2O/c1-9(11,8(10)12)7-5-3-2-4-6-7/h2-6H,1H3/t9-/m1/s1. The van der Waals surface area contributed by atoms with Crippen molar-refractivity contribution in [1.82, 2.24) is 0 Å². The molecule has 0 aromatic heterocycles. The minimum Gasteiger partial charge on any atom is -0.279 e. The Kier molecular flexibility index (Phi) is 2.76. The molecule has 0 aliphatic heterocycles. The molecule has 0 fully saturated rings. The average molecular weight is 203 g/mol. The molecule has 1 nitrogen and oxygen atoms in total. The molecule has 1 aromatic rings. The van der Waals surface area contributed by atoms with E-state index in [2.05, 4.69) is 0 Å². The molecule has 64 valence electrons. The van der Waals surface area contributed by atoms with Gasteiger partial charge in [-0.15, -0.1) is 11.6 Å². The lowest BCUT2D eigenvalue weighted by Crippen LogP contribution is -2.21. The normalized spacial score (nSPS) is 15.2. The Balaban J connectivity index is 3.06. The van der Waals surface area contributed by atoms with Gasteiger partial charge in [0.05, 0.1) is 0 Å². The topological polar surface area (TPSA) is 17.1 Å². The zero-order chi connectivity index (χ0) is 9.19. The number of halogens is 2. The Morgan fingerprint density at radius 2 is 1.83 bits per heavy atom. The van der Waals surface area contributed by atoms with E-state index in [1.165, 1.54) is 0 Å². The maximum atomic E-state index is 10.9. The van der Waals surface area contributed by atoms with E-state index in [9.17, 15) is 4.79 Å². The molecule has 0 unspecified atom stereocenters. The molecule has 0 bridgehead atoms. The number of carbonyl (C=O) groups excluding carboxylic acids is 1. The minimum atomic E-state index is -1.11. The van der Waals surface area contributed by atoms with Crippen LogP contribution in [0.2, 0.25) is 0 Å². The van der Waals surface area contributed by atoms with E-state index in [1.807, 2.05) is 18.2 Å². The monoisotopic (exact) mass is 202 g/mol. The zero-order valence-corrected chi connectivity index (χ0v) is 8.06. The molecule has 0 aliphatic rings. The summed E-state index contributed by atoms with van der Waals surface area (Å²) in [5.74, 6) is 0. The van der Waals surface area contributed by atoms with Crippen LogP contribution in [0.3, 0.4) is 0 Å². The summed E-state index contributed by atoms with van der Waals surface area (Å²) in [5, 5.41) is -0.560. The SMILES string of the molecule is C[C@](Cl)(C(=O)Cl)c1ccccc1. The van der Waals surface area contributed by atoms with E-state index in [-0.39, 0.29) is 0 Å². The second kappa shape index (κ2) is 3.46. The summed E-state index contributed by atoms with van der Waals surface area (Å²) in [6.07, 6.45) is 0. The van der Waals surface area contributed by atoms with Crippen molar-refractivity contribution in [3.8, 4) is 0 Å². The van der Waals surface area contributed by atoms with Gasteiger partial charge >= 0.3 is 0 Å². The van der Waals surface area contributed by atoms with Gasteiger partial charge in [-0.25, -0.2) is 0 Å². The smallest absolute Gasteiger partial charge is 0.246 e. The fraction of sp³-hybridized carbons (Fsp3) is 0.222. The Bertz CT molecular complexity index is 280. The van der Waals surface area contributed by atoms with E-state index in [0.717, 1.165) is 0 Å². The van der Waals surface area contributed by atoms with Crippen LogP contribution in [0, 0.1) is 0 Å². The molecular formula is C9H8Cl2O. The van der Waals surface area contributed by atoms with Crippen molar-refractivity contribution in [1.29, 1.82) is 0 Å². The predicted molar refractivity (Wildman–Crippen MR) is 50.5 cm³/mol. The Morgan fingerprint density at radius 1 is 1.33 bits per heavy atom. The van der Waals surface area contributed by atoms with E-state index >= 15 is 0 Å². The van der Waals surface area contributed by atoms with Gasteiger partial charge in [-0.2, -0.15) is 0 Å². The summed E-state index contributed by atoms with van der Waals surface area (Å²) < 4.78 is 0. The first-order chi connectivity index (χ1) is 5.55. The molecular weight excluding hydrogens is 195 g/mol. The van der Waals surface area contributed by atoms with Crippen molar-refractivity contribution in [2.45, 2.75) is 11.8 Å². The molecule has 0 aliphatic carbocycles. The molecule has 3 heteroatoms. The average Bonchev–Trinajstić information content (AvgIpc) is 2.06. The first-order valence-corrected chi connectivity index (χ1v) is 4.25. The van der Waals surface area contributed by atoms with Crippen LogP contribution in [-0.2, 0) is 9.67 Å². The van der Waals surface area contributed by atoms with Crippen molar-refractivity contribution in [3.05, 3.63) is 35.9 Å². The first-order valence-electron chi connectivity index (χ1n) is 3.49. The molecule has 0 amide bonds. The van der Waals surface area contributed by atoms with Gasteiger partial charge < -0.3 is 0 Å². The molecule has 12 heavy (non-hydrogen) atoms. The van der Waals surface area contributed by atoms with Crippen LogP contribution < -0.4 is 0 Å². The number of carbonyl (C=O) groups is 1. The Labute approximate surface area is 81.3 Å². The van der Waals surface area contributed by atoms with Crippen LogP contribution in [-0.4, -0.2) is 5.24 Å². The second-order valence-electron chi connectivity index (χ2n) is 2.64. The highest BCUT2D eigenvalue weighted by atomic mass is 35.5. The molecule has 1 aromatic carbocycles. The third kappa shape index (κ3) is 1.79. The van der Waals surface area contributed by atoms with Crippen LogP contribution in [0.5, 0.6) is 0 Å². The van der Waals surface area contributed by atoms with Gasteiger partial charge in [-0.1, -0.05) is 30.3 Å². The van der Waals surface area contributed by atoms with Gasteiger partial charge in [-0.3, -0.25) is 4.79 Å². The van der Waals surface area contributed by atoms with E-state index in [0.29, 0.717) is 5.56 Å². The molecule has 0 N–H and O–H groups in total. The fourth-order valence-corrected chi connectivity index (χ4v) is 1.10. The van der Waals surface area contributed by atoms with Crippen LogP contribution >= 0.6 is 23.2 Å². The van der Waals surface area contributed by atoms with Gasteiger partial charge in [0.2, 0.25) is 5.24 Å². The molecule has 0 spiro atoms. The third-order valence-electron chi connectivity index (χ3n) is 1.69. The summed E-state index contributed by atoms with van der Waals surface area (Å²) in [6, 6.07) is 9.03. The maximum Gasteiger partial charge on any atom is 0.246 e. The quantitative estimate of drug-likeness (QED) is 0.533. The second-order valence-corrected chi connectivity index (χ2v) is 3.74. The van der Waals surface area contributed by atoms with Gasteiger partial charge in [0.1, 0.15) is 4.87 Å². The molecule has 1 rings (SSSR count). The highest BCUT2D eigenvalue weighted by molar-refractivity contribution is 6.70. The largest absolute Gasteiger partial charge is 0.279 e. The number of benzene rings is 1. The lowest BCUT2D eigenvalue weighted by atomic mass is 10.0. The van der Waals surface area contributed by atoms with Crippen molar-refractivity contribution in [2.75, 3.05) is 0 Å². The van der Waals surface area contributed by atoms with Crippen LogP contribution in [0.4, 0.5) is 0 Å². The van der Waals surface area contributed by atoms with Gasteiger partial charge in [0, 0.05) is 0 Å². The first kappa shape index (κ1) is 9.56. The molecule has 0 radical (unpaired) electrons. The van der Waals surface area contributed by atoms with Crippen molar-refractivity contribution in [2.24, 2.45) is 0 Å². The minimum absolute atomic E-state index is 0.560. The molecule has 0 saturated heterocycles. The van der Waals surface area contributed by atoms with Gasteiger partial charge in [0.25, 0.3) is 0 Å². The summed E-state index contributed by atoms with van der Waals surface area (Å²) in [7, 11) is 0. The van der Waals surface area contributed by atoms with Crippen molar-refractivity contribution < 1.29 is 4.79 Å². The van der Waals surface area contributed by atoms with Crippen molar-refractivity contribution >= 4 is 28.4 Å².